The zero-order chi connectivity index (χ0) is 10.8. The fraction of sp³-hybridized carbons (Fsp3) is 0.500. The molecule has 0 aromatic rings. The van der Waals surface area contributed by atoms with Crippen molar-refractivity contribution >= 4 is 0 Å². The smallest absolute Gasteiger partial charge is 0.0727 e. The first kappa shape index (κ1) is 12.8. The highest BCUT2D eigenvalue weighted by atomic mass is 16.5. The number of hydrogen-bond acceptors (Lipinski definition) is 2. The lowest BCUT2D eigenvalue weighted by molar-refractivity contribution is 0.156. The van der Waals surface area contributed by atoms with Crippen molar-refractivity contribution in [3.05, 3.63) is 23.9 Å². The Bertz CT molecular complexity index is 235. The van der Waals surface area contributed by atoms with Crippen LogP contribution in [-0.2, 0) is 4.74 Å². The lowest BCUT2D eigenvalue weighted by atomic mass is 10.2. The van der Waals surface area contributed by atoms with Crippen molar-refractivity contribution < 1.29 is 4.74 Å². The van der Waals surface area contributed by atoms with Gasteiger partial charge in [-0.25, -0.2) is 0 Å². The van der Waals surface area contributed by atoms with E-state index in [0.717, 1.165) is 12.2 Å². The van der Waals surface area contributed by atoms with Crippen LogP contribution in [-0.4, -0.2) is 19.8 Å². The summed E-state index contributed by atoms with van der Waals surface area (Å²) >= 11 is 0. The molecule has 14 heavy (non-hydrogen) atoms. The Balaban J connectivity index is 4.22. The van der Waals surface area contributed by atoms with Gasteiger partial charge < -0.3 is 10.1 Å². The molecule has 0 bridgehead atoms. The van der Waals surface area contributed by atoms with Crippen molar-refractivity contribution in [3.8, 4) is 12.3 Å². The van der Waals surface area contributed by atoms with Crippen molar-refractivity contribution in [3.63, 3.8) is 0 Å². The van der Waals surface area contributed by atoms with E-state index in [1.165, 1.54) is 0 Å². The van der Waals surface area contributed by atoms with Gasteiger partial charge in [0.05, 0.1) is 6.10 Å². The van der Waals surface area contributed by atoms with Crippen LogP contribution in [0.25, 0.3) is 0 Å². The summed E-state index contributed by atoms with van der Waals surface area (Å²) in [7, 11) is 1.69. The molecule has 78 valence electrons. The van der Waals surface area contributed by atoms with Crippen LogP contribution in [0.5, 0.6) is 0 Å². The van der Waals surface area contributed by atoms with Crippen LogP contribution in [0.1, 0.15) is 20.3 Å². The number of methoxy groups -OCH3 is 1. The summed E-state index contributed by atoms with van der Waals surface area (Å²) in [4.78, 5) is 0. The molecule has 0 saturated heterocycles. The first-order valence-electron chi connectivity index (χ1n) is 4.83. The molecule has 1 N–H and O–H groups in total. The molecule has 2 nitrogen and oxygen atoms in total. The molecule has 0 fully saturated rings. The molecule has 0 aliphatic rings. The standard InChI is InChI=1S/C12H19NO/c1-5-7-8-12(13-6-2)10-9-11(3)14-4/h1,8-11,13H,6-7H2,2-4H3/b10-9-,12-8+. The highest BCUT2D eigenvalue weighted by Crippen LogP contribution is 1.98. The summed E-state index contributed by atoms with van der Waals surface area (Å²) in [5.41, 5.74) is 1.05. The van der Waals surface area contributed by atoms with E-state index in [1.54, 1.807) is 7.11 Å². The third-order valence-corrected chi connectivity index (χ3v) is 1.74. The zero-order valence-electron chi connectivity index (χ0n) is 9.21. The van der Waals surface area contributed by atoms with Crippen LogP contribution in [0.2, 0.25) is 0 Å². The Morgan fingerprint density at radius 1 is 1.64 bits per heavy atom. The topological polar surface area (TPSA) is 21.3 Å². The average Bonchev–Trinajstić information content (AvgIpc) is 2.21. The molecule has 0 aromatic heterocycles. The Morgan fingerprint density at radius 2 is 2.36 bits per heavy atom. The summed E-state index contributed by atoms with van der Waals surface area (Å²) in [6.45, 7) is 4.93. The highest BCUT2D eigenvalue weighted by molar-refractivity contribution is 5.19. The maximum atomic E-state index is 5.18. The average molecular weight is 193 g/mol. The quantitative estimate of drug-likeness (QED) is 0.515. The van der Waals surface area contributed by atoms with Gasteiger partial charge in [0.1, 0.15) is 0 Å². The summed E-state index contributed by atoms with van der Waals surface area (Å²) in [6, 6.07) is 0. The largest absolute Gasteiger partial charge is 0.386 e. The molecule has 0 aromatic carbocycles. The number of ether oxygens (including phenoxy) is 1. The van der Waals surface area contributed by atoms with E-state index in [2.05, 4.69) is 18.2 Å². The number of nitrogens with one attached hydrogen (secondary N) is 1. The minimum absolute atomic E-state index is 0.128. The number of likely N-dealkylation sites (N-methyl/N-ethyl adjacent to an activating group) is 1. The molecule has 0 aliphatic heterocycles. The summed E-state index contributed by atoms with van der Waals surface area (Å²) in [6.07, 6.45) is 11.9. The molecule has 1 unspecified atom stereocenters. The molecule has 0 rings (SSSR count). The van der Waals surface area contributed by atoms with Crippen LogP contribution in [0.4, 0.5) is 0 Å². The van der Waals surface area contributed by atoms with Gasteiger partial charge >= 0.3 is 0 Å². The predicted octanol–water partition coefficient (Wildman–Crippen LogP) is 2.09. The van der Waals surface area contributed by atoms with Gasteiger partial charge in [-0.15, -0.1) is 12.3 Å². The third kappa shape index (κ3) is 6.33. The molecule has 1 atom stereocenters. The summed E-state index contributed by atoms with van der Waals surface area (Å²) in [5, 5.41) is 3.22. The predicted molar refractivity (Wildman–Crippen MR) is 60.8 cm³/mol. The van der Waals surface area contributed by atoms with Crippen LogP contribution < -0.4 is 5.32 Å². The first-order valence-corrected chi connectivity index (χ1v) is 4.83. The Hall–Kier alpha value is -1.20. The van der Waals surface area contributed by atoms with Gasteiger partial charge in [0.25, 0.3) is 0 Å². The monoisotopic (exact) mass is 193 g/mol. The van der Waals surface area contributed by atoms with Gasteiger partial charge in [-0.3, -0.25) is 0 Å². The number of allylic oxidation sites excluding steroid dienone is 2. The third-order valence-electron chi connectivity index (χ3n) is 1.74. The van der Waals surface area contributed by atoms with Crippen molar-refractivity contribution in [2.45, 2.75) is 26.4 Å². The van der Waals surface area contributed by atoms with E-state index in [0.29, 0.717) is 6.42 Å². The fourth-order valence-corrected chi connectivity index (χ4v) is 0.890. The van der Waals surface area contributed by atoms with E-state index in [-0.39, 0.29) is 6.10 Å². The van der Waals surface area contributed by atoms with Crippen molar-refractivity contribution in [1.29, 1.82) is 0 Å². The second kappa shape index (κ2) is 8.40. The van der Waals surface area contributed by atoms with E-state index < -0.39 is 0 Å². The summed E-state index contributed by atoms with van der Waals surface area (Å²) < 4.78 is 5.10. The van der Waals surface area contributed by atoms with Gasteiger partial charge in [-0.05, 0) is 26.0 Å². The molecule has 0 radical (unpaired) electrons. The second-order valence-electron chi connectivity index (χ2n) is 2.90. The van der Waals surface area contributed by atoms with Crippen molar-refractivity contribution in [1.82, 2.24) is 5.32 Å². The van der Waals surface area contributed by atoms with Crippen LogP contribution in [0.3, 0.4) is 0 Å². The molecule has 0 aliphatic carbocycles. The molecule has 0 spiro atoms. The van der Waals surface area contributed by atoms with Crippen LogP contribution in [0.15, 0.2) is 23.9 Å². The van der Waals surface area contributed by atoms with E-state index >= 15 is 0 Å². The van der Waals surface area contributed by atoms with Crippen LogP contribution in [0, 0.1) is 12.3 Å². The minimum Gasteiger partial charge on any atom is -0.386 e. The lowest BCUT2D eigenvalue weighted by Crippen LogP contribution is -2.11. The van der Waals surface area contributed by atoms with E-state index in [1.807, 2.05) is 25.2 Å². The molecular weight excluding hydrogens is 174 g/mol. The number of hydrogen-bond donors (Lipinski definition) is 1. The number of terminal acetylenes is 1. The molecule has 0 amide bonds. The van der Waals surface area contributed by atoms with Gasteiger partial charge in [-0.2, -0.15) is 0 Å². The lowest BCUT2D eigenvalue weighted by Gasteiger charge is -2.05. The van der Waals surface area contributed by atoms with E-state index in [9.17, 15) is 0 Å². The molecular formula is C12H19NO. The normalized spacial score (nSPS) is 14.0. The number of rotatable bonds is 6. The Kier molecular flexibility index (Phi) is 7.68. The molecule has 0 saturated carbocycles. The fourth-order valence-electron chi connectivity index (χ4n) is 0.890. The van der Waals surface area contributed by atoms with Gasteiger partial charge in [0.2, 0.25) is 0 Å². The first-order chi connectivity index (χ1) is 6.74. The molecule has 2 heteroatoms. The van der Waals surface area contributed by atoms with Crippen LogP contribution >= 0.6 is 0 Å². The maximum Gasteiger partial charge on any atom is 0.0727 e. The maximum absolute atomic E-state index is 5.18. The van der Waals surface area contributed by atoms with Crippen molar-refractivity contribution in [2.75, 3.05) is 13.7 Å². The van der Waals surface area contributed by atoms with Gasteiger partial charge in [-0.1, -0.05) is 6.08 Å². The van der Waals surface area contributed by atoms with Gasteiger partial charge in [0, 0.05) is 25.8 Å². The second-order valence-corrected chi connectivity index (χ2v) is 2.90. The zero-order valence-corrected chi connectivity index (χ0v) is 9.21. The Labute approximate surface area is 87.0 Å². The minimum atomic E-state index is 0.128. The van der Waals surface area contributed by atoms with E-state index in [4.69, 9.17) is 11.2 Å². The van der Waals surface area contributed by atoms with Gasteiger partial charge in [0.15, 0.2) is 0 Å². The Morgan fingerprint density at radius 3 is 2.86 bits per heavy atom. The highest BCUT2D eigenvalue weighted by Gasteiger charge is 1.92. The SMILES string of the molecule is C#CC/C=C(\C=C/C(C)OC)NCC. The summed E-state index contributed by atoms with van der Waals surface area (Å²) in [5.74, 6) is 2.58. The van der Waals surface area contributed by atoms with Crippen molar-refractivity contribution in [2.24, 2.45) is 0 Å². The molecule has 0 heterocycles.